The standard InChI is InChI=1S/C14H15BrFNO4/c1-2-5-17-11(18)7-21-13(14(19)20)12(17)8-3-4-10(16)9(15)6-8/h3-4,6,12-13H,2,5,7H2,1H3,(H,19,20). The van der Waals surface area contributed by atoms with E-state index in [9.17, 15) is 19.1 Å². The van der Waals surface area contributed by atoms with Crippen molar-refractivity contribution in [2.45, 2.75) is 25.5 Å². The van der Waals surface area contributed by atoms with E-state index in [1.165, 1.54) is 23.1 Å². The molecule has 1 aliphatic heterocycles. The van der Waals surface area contributed by atoms with E-state index >= 15 is 0 Å². The van der Waals surface area contributed by atoms with Crippen LogP contribution in [0.15, 0.2) is 22.7 Å². The molecular weight excluding hydrogens is 345 g/mol. The third-order valence-electron chi connectivity index (χ3n) is 3.32. The van der Waals surface area contributed by atoms with Crippen LogP contribution in [0, 0.1) is 5.82 Å². The number of benzene rings is 1. The van der Waals surface area contributed by atoms with Crippen LogP contribution < -0.4 is 0 Å². The van der Waals surface area contributed by atoms with E-state index in [4.69, 9.17) is 4.74 Å². The monoisotopic (exact) mass is 359 g/mol. The van der Waals surface area contributed by atoms with Gasteiger partial charge in [0.1, 0.15) is 12.4 Å². The SMILES string of the molecule is CCCN1C(=O)COC(C(=O)O)C1c1ccc(F)c(Br)c1. The Morgan fingerprint density at radius 2 is 2.29 bits per heavy atom. The molecule has 5 nitrogen and oxygen atoms in total. The predicted molar refractivity (Wildman–Crippen MR) is 76.2 cm³/mol. The van der Waals surface area contributed by atoms with Crippen molar-refractivity contribution in [1.82, 2.24) is 4.90 Å². The Morgan fingerprint density at radius 1 is 1.57 bits per heavy atom. The van der Waals surface area contributed by atoms with Crippen molar-refractivity contribution in [3.05, 3.63) is 34.1 Å². The van der Waals surface area contributed by atoms with E-state index < -0.39 is 23.9 Å². The lowest BCUT2D eigenvalue weighted by atomic mass is 9.97. The summed E-state index contributed by atoms with van der Waals surface area (Å²) in [6.07, 6.45) is -0.469. The van der Waals surface area contributed by atoms with E-state index in [1.807, 2.05) is 6.92 Å². The first-order valence-electron chi connectivity index (χ1n) is 6.54. The molecule has 2 unspecified atom stereocenters. The van der Waals surface area contributed by atoms with Crippen LogP contribution in [-0.4, -0.2) is 41.1 Å². The zero-order chi connectivity index (χ0) is 15.6. The Kier molecular flexibility index (Phi) is 4.95. The van der Waals surface area contributed by atoms with Gasteiger partial charge in [-0.2, -0.15) is 0 Å². The van der Waals surface area contributed by atoms with Crippen molar-refractivity contribution in [3.8, 4) is 0 Å². The summed E-state index contributed by atoms with van der Waals surface area (Å²) in [5.41, 5.74) is 0.525. The predicted octanol–water partition coefficient (Wildman–Crippen LogP) is 2.35. The summed E-state index contributed by atoms with van der Waals surface area (Å²) in [4.78, 5) is 24.9. The molecule has 1 heterocycles. The molecule has 114 valence electrons. The summed E-state index contributed by atoms with van der Waals surface area (Å²) in [7, 11) is 0. The number of ether oxygens (including phenoxy) is 1. The summed E-state index contributed by atoms with van der Waals surface area (Å²) in [5.74, 6) is -1.86. The zero-order valence-corrected chi connectivity index (χ0v) is 13.0. The van der Waals surface area contributed by atoms with E-state index in [0.29, 0.717) is 18.5 Å². The smallest absolute Gasteiger partial charge is 0.335 e. The maximum absolute atomic E-state index is 13.4. The maximum atomic E-state index is 13.4. The molecule has 1 N–H and O–H groups in total. The molecule has 2 rings (SSSR count). The second kappa shape index (κ2) is 6.53. The highest BCUT2D eigenvalue weighted by Crippen LogP contribution is 2.32. The first-order chi connectivity index (χ1) is 9.95. The number of rotatable bonds is 4. The van der Waals surface area contributed by atoms with Crippen molar-refractivity contribution < 1.29 is 23.8 Å². The van der Waals surface area contributed by atoms with E-state index in [1.54, 1.807) is 0 Å². The fourth-order valence-corrected chi connectivity index (χ4v) is 2.81. The van der Waals surface area contributed by atoms with Gasteiger partial charge in [-0.05, 0) is 40.0 Å². The van der Waals surface area contributed by atoms with Crippen LogP contribution >= 0.6 is 15.9 Å². The molecule has 1 amide bonds. The van der Waals surface area contributed by atoms with Crippen LogP contribution in [0.2, 0.25) is 0 Å². The van der Waals surface area contributed by atoms with Gasteiger partial charge in [-0.15, -0.1) is 0 Å². The van der Waals surface area contributed by atoms with Crippen LogP contribution in [0.5, 0.6) is 0 Å². The Labute approximate surface area is 129 Å². The molecule has 0 spiro atoms. The van der Waals surface area contributed by atoms with Gasteiger partial charge < -0.3 is 14.7 Å². The summed E-state index contributed by atoms with van der Waals surface area (Å²) in [6.45, 7) is 2.07. The van der Waals surface area contributed by atoms with Gasteiger partial charge in [0.15, 0.2) is 6.10 Å². The number of carbonyl (C=O) groups is 2. The molecule has 1 saturated heterocycles. The minimum absolute atomic E-state index is 0.221. The Balaban J connectivity index is 2.45. The topological polar surface area (TPSA) is 66.8 Å². The average molecular weight is 360 g/mol. The molecule has 0 aliphatic carbocycles. The van der Waals surface area contributed by atoms with Gasteiger partial charge >= 0.3 is 5.97 Å². The van der Waals surface area contributed by atoms with Crippen LogP contribution in [-0.2, 0) is 14.3 Å². The van der Waals surface area contributed by atoms with Crippen molar-refractivity contribution in [2.24, 2.45) is 0 Å². The number of aliphatic carboxylic acids is 1. The second-order valence-electron chi connectivity index (χ2n) is 4.78. The van der Waals surface area contributed by atoms with Gasteiger partial charge in [-0.3, -0.25) is 4.79 Å². The highest BCUT2D eigenvalue weighted by molar-refractivity contribution is 9.10. The number of hydrogen-bond acceptors (Lipinski definition) is 3. The normalized spacial score (nSPS) is 22.4. The van der Waals surface area contributed by atoms with Gasteiger partial charge in [0, 0.05) is 6.54 Å². The highest BCUT2D eigenvalue weighted by atomic mass is 79.9. The molecule has 7 heteroatoms. The van der Waals surface area contributed by atoms with Crippen LogP contribution in [0.1, 0.15) is 24.9 Å². The quantitative estimate of drug-likeness (QED) is 0.895. The number of carbonyl (C=O) groups excluding carboxylic acids is 1. The Hall–Kier alpha value is -1.47. The number of carboxylic acids is 1. The highest BCUT2D eigenvalue weighted by Gasteiger charge is 2.41. The minimum atomic E-state index is -1.16. The third kappa shape index (κ3) is 3.24. The molecule has 1 aromatic carbocycles. The summed E-state index contributed by atoms with van der Waals surface area (Å²) in [5, 5.41) is 9.32. The molecule has 0 bridgehead atoms. The molecule has 2 atom stereocenters. The number of amides is 1. The molecule has 0 saturated carbocycles. The van der Waals surface area contributed by atoms with Gasteiger partial charge in [-0.25, -0.2) is 9.18 Å². The van der Waals surface area contributed by atoms with Crippen LogP contribution in [0.3, 0.4) is 0 Å². The number of morpholine rings is 1. The first-order valence-corrected chi connectivity index (χ1v) is 7.33. The molecule has 1 aromatic rings. The zero-order valence-electron chi connectivity index (χ0n) is 11.4. The number of hydrogen-bond donors (Lipinski definition) is 1. The van der Waals surface area contributed by atoms with Crippen LogP contribution in [0.4, 0.5) is 4.39 Å². The fourth-order valence-electron chi connectivity index (χ4n) is 2.42. The number of carboxylic acid groups (broad SMARTS) is 1. The fraction of sp³-hybridized carbons (Fsp3) is 0.429. The van der Waals surface area contributed by atoms with E-state index in [-0.39, 0.29) is 17.0 Å². The van der Waals surface area contributed by atoms with Gasteiger partial charge in [0.05, 0.1) is 10.5 Å². The second-order valence-corrected chi connectivity index (χ2v) is 5.63. The van der Waals surface area contributed by atoms with Gasteiger partial charge in [-0.1, -0.05) is 13.0 Å². The summed E-state index contributed by atoms with van der Waals surface area (Å²) < 4.78 is 18.8. The average Bonchev–Trinajstić information content (AvgIpc) is 2.44. The maximum Gasteiger partial charge on any atom is 0.335 e. The molecule has 1 fully saturated rings. The van der Waals surface area contributed by atoms with E-state index in [0.717, 1.165) is 0 Å². The summed E-state index contributed by atoms with van der Waals surface area (Å²) >= 11 is 3.08. The van der Waals surface area contributed by atoms with Crippen molar-refractivity contribution >= 4 is 27.8 Å². The lowest BCUT2D eigenvalue weighted by Gasteiger charge is -2.39. The van der Waals surface area contributed by atoms with Gasteiger partial charge in [0.25, 0.3) is 0 Å². The minimum Gasteiger partial charge on any atom is -0.479 e. The largest absolute Gasteiger partial charge is 0.479 e. The van der Waals surface area contributed by atoms with Crippen molar-refractivity contribution in [2.75, 3.05) is 13.2 Å². The van der Waals surface area contributed by atoms with Crippen molar-refractivity contribution in [1.29, 1.82) is 0 Å². The molecular formula is C14H15BrFNO4. The Bertz CT molecular complexity index is 566. The lowest BCUT2D eigenvalue weighted by molar-refractivity contribution is -0.173. The molecule has 1 aliphatic rings. The first kappa shape index (κ1) is 15.9. The third-order valence-corrected chi connectivity index (χ3v) is 3.93. The molecule has 0 aromatic heterocycles. The Morgan fingerprint density at radius 3 is 2.86 bits per heavy atom. The van der Waals surface area contributed by atoms with Gasteiger partial charge in [0.2, 0.25) is 5.91 Å². The number of halogens is 2. The molecule has 0 radical (unpaired) electrons. The summed E-state index contributed by atoms with van der Waals surface area (Å²) in [6, 6.07) is 3.44. The van der Waals surface area contributed by atoms with Crippen molar-refractivity contribution in [3.63, 3.8) is 0 Å². The van der Waals surface area contributed by atoms with E-state index in [2.05, 4.69) is 15.9 Å². The lowest BCUT2D eigenvalue weighted by Crippen LogP contribution is -2.52. The number of nitrogens with zero attached hydrogens (tertiary/aromatic N) is 1. The molecule has 21 heavy (non-hydrogen) atoms. The van der Waals surface area contributed by atoms with Crippen LogP contribution in [0.25, 0.3) is 0 Å².